The van der Waals surface area contributed by atoms with Crippen molar-refractivity contribution in [2.75, 3.05) is 19.8 Å². The predicted molar refractivity (Wildman–Crippen MR) is 46.0 cm³/mol. The molecule has 0 unspecified atom stereocenters. The van der Waals surface area contributed by atoms with Crippen LogP contribution in [0.3, 0.4) is 0 Å². The Kier molecular flexibility index (Phi) is 7.79. The number of aliphatic hydroxyl groups is 1. The molecule has 0 saturated carbocycles. The van der Waals surface area contributed by atoms with Crippen molar-refractivity contribution in [3.8, 4) is 0 Å². The van der Waals surface area contributed by atoms with Crippen molar-refractivity contribution < 1.29 is 14.6 Å². The normalized spacial score (nSPS) is 9.50. The third-order valence-corrected chi connectivity index (χ3v) is 1.36. The van der Waals surface area contributed by atoms with E-state index in [-0.39, 0.29) is 12.7 Å². The molecule has 0 bridgehead atoms. The Hall–Kier alpha value is -0.770. The van der Waals surface area contributed by atoms with Gasteiger partial charge in [-0.15, -0.1) is 0 Å². The first-order valence-electron chi connectivity index (χ1n) is 4.32. The lowest BCUT2D eigenvalue weighted by atomic mass is 10.2. The van der Waals surface area contributed by atoms with Gasteiger partial charge >= 0.3 is 6.09 Å². The van der Waals surface area contributed by atoms with E-state index in [4.69, 9.17) is 9.84 Å². The molecule has 1 amide bonds. The molecule has 0 aliphatic carbocycles. The fraction of sp³-hybridized carbons (Fsp3) is 0.875. The van der Waals surface area contributed by atoms with E-state index < -0.39 is 0 Å². The molecule has 0 radical (unpaired) electrons. The first kappa shape index (κ1) is 11.2. The summed E-state index contributed by atoms with van der Waals surface area (Å²) in [6.07, 6.45) is 2.13. The number of alkyl carbamates (subject to hydrolysis) is 1. The molecule has 0 rings (SSSR count). The number of carbonyl (C=O) groups is 1. The van der Waals surface area contributed by atoms with Crippen LogP contribution < -0.4 is 5.32 Å². The zero-order valence-corrected chi connectivity index (χ0v) is 7.51. The molecule has 4 heteroatoms. The van der Waals surface area contributed by atoms with Crippen LogP contribution in [0.1, 0.15) is 26.2 Å². The Morgan fingerprint density at radius 1 is 1.42 bits per heavy atom. The average molecular weight is 175 g/mol. The van der Waals surface area contributed by atoms with E-state index in [0.717, 1.165) is 19.3 Å². The molecule has 0 atom stereocenters. The summed E-state index contributed by atoms with van der Waals surface area (Å²) in [5.41, 5.74) is 0. The number of amides is 1. The van der Waals surface area contributed by atoms with Crippen LogP contribution in [-0.2, 0) is 4.74 Å². The van der Waals surface area contributed by atoms with E-state index in [9.17, 15) is 4.79 Å². The SMILES string of the molecule is CCNC(=O)OCCCCCO. The zero-order chi connectivity index (χ0) is 9.23. The van der Waals surface area contributed by atoms with Gasteiger partial charge in [0.1, 0.15) is 0 Å². The topological polar surface area (TPSA) is 58.6 Å². The van der Waals surface area contributed by atoms with Crippen LogP contribution >= 0.6 is 0 Å². The summed E-state index contributed by atoms with van der Waals surface area (Å²) in [6, 6.07) is 0. The van der Waals surface area contributed by atoms with Crippen molar-refractivity contribution in [2.24, 2.45) is 0 Å². The fourth-order valence-corrected chi connectivity index (χ4v) is 0.751. The Balaban J connectivity index is 3.03. The highest BCUT2D eigenvalue weighted by molar-refractivity contribution is 5.66. The van der Waals surface area contributed by atoms with Gasteiger partial charge in [-0.25, -0.2) is 4.79 Å². The summed E-state index contributed by atoms with van der Waals surface area (Å²) in [4.78, 5) is 10.7. The lowest BCUT2D eigenvalue weighted by molar-refractivity contribution is 0.143. The van der Waals surface area contributed by atoms with Crippen LogP contribution in [0, 0.1) is 0 Å². The predicted octanol–water partition coefficient (Wildman–Crippen LogP) is 0.895. The van der Waals surface area contributed by atoms with Gasteiger partial charge in [0.15, 0.2) is 0 Å². The quantitative estimate of drug-likeness (QED) is 0.589. The van der Waals surface area contributed by atoms with Crippen LogP contribution in [0.2, 0.25) is 0 Å². The number of nitrogens with one attached hydrogen (secondary N) is 1. The van der Waals surface area contributed by atoms with Gasteiger partial charge in [-0.3, -0.25) is 0 Å². The standard InChI is InChI=1S/C8H17NO3/c1-2-9-8(11)12-7-5-3-4-6-10/h10H,2-7H2,1H3,(H,9,11). The number of aliphatic hydroxyl groups excluding tert-OH is 1. The Bertz CT molecular complexity index is 117. The first-order chi connectivity index (χ1) is 5.81. The van der Waals surface area contributed by atoms with Crippen LogP contribution in [-0.4, -0.2) is 31.0 Å². The molecule has 0 fully saturated rings. The van der Waals surface area contributed by atoms with E-state index in [1.807, 2.05) is 6.92 Å². The fourth-order valence-electron chi connectivity index (χ4n) is 0.751. The molecular formula is C8H17NO3. The molecule has 0 aromatic carbocycles. The molecular weight excluding hydrogens is 158 g/mol. The van der Waals surface area contributed by atoms with Gasteiger partial charge in [0, 0.05) is 13.2 Å². The van der Waals surface area contributed by atoms with Gasteiger partial charge in [-0.2, -0.15) is 0 Å². The molecule has 0 heterocycles. The third-order valence-electron chi connectivity index (χ3n) is 1.36. The smallest absolute Gasteiger partial charge is 0.407 e. The highest BCUT2D eigenvalue weighted by atomic mass is 16.5. The third kappa shape index (κ3) is 7.34. The number of unbranched alkanes of at least 4 members (excludes halogenated alkanes) is 2. The van der Waals surface area contributed by atoms with E-state index in [1.165, 1.54) is 0 Å². The molecule has 0 aromatic heterocycles. The van der Waals surface area contributed by atoms with E-state index in [0.29, 0.717) is 13.2 Å². The number of ether oxygens (including phenoxy) is 1. The number of rotatable bonds is 6. The Morgan fingerprint density at radius 3 is 2.75 bits per heavy atom. The van der Waals surface area contributed by atoms with Crippen molar-refractivity contribution in [1.29, 1.82) is 0 Å². The maximum absolute atomic E-state index is 10.7. The van der Waals surface area contributed by atoms with Crippen molar-refractivity contribution >= 4 is 6.09 Å². The molecule has 2 N–H and O–H groups in total. The van der Waals surface area contributed by atoms with Gasteiger partial charge < -0.3 is 15.2 Å². The first-order valence-corrected chi connectivity index (χ1v) is 4.32. The van der Waals surface area contributed by atoms with Crippen LogP contribution in [0.4, 0.5) is 4.79 Å². The highest BCUT2D eigenvalue weighted by Crippen LogP contribution is 1.94. The van der Waals surface area contributed by atoms with E-state index in [1.54, 1.807) is 0 Å². The van der Waals surface area contributed by atoms with E-state index >= 15 is 0 Å². The minimum Gasteiger partial charge on any atom is -0.450 e. The molecule has 0 spiro atoms. The summed E-state index contributed by atoms with van der Waals surface area (Å²) in [7, 11) is 0. The van der Waals surface area contributed by atoms with Crippen molar-refractivity contribution in [2.45, 2.75) is 26.2 Å². The van der Waals surface area contributed by atoms with Crippen molar-refractivity contribution in [3.63, 3.8) is 0 Å². The lowest BCUT2D eigenvalue weighted by Gasteiger charge is -2.03. The maximum atomic E-state index is 10.7. The second-order valence-corrected chi connectivity index (χ2v) is 2.45. The summed E-state index contributed by atoms with van der Waals surface area (Å²) >= 11 is 0. The Morgan fingerprint density at radius 2 is 2.17 bits per heavy atom. The molecule has 12 heavy (non-hydrogen) atoms. The number of hydrogen-bond donors (Lipinski definition) is 2. The summed E-state index contributed by atoms with van der Waals surface area (Å²) in [5, 5.41) is 11.0. The second kappa shape index (κ2) is 8.33. The van der Waals surface area contributed by atoms with Gasteiger partial charge in [-0.1, -0.05) is 0 Å². The minimum atomic E-state index is -0.360. The number of hydrogen-bond acceptors (Lipinski definition) is 3. The minimum absolute atomic E-state index is 0.209. The van der Waals surface area contributed by atoms with Gasteiger partial charge in [0.25, 0.3) is 0 Å². The van der Waals surface area contributed by atoms with Gasteiger partial charge in [0.05, 0.1) is 6.61 Å². The van der Waals surface area contributed by atoms with E-state index in [2.05, 4.69) is 5.32 Å². The van der Waals surface area contributed by atoms with Gasteiger partial charge in [-0.05, 0) is 26.2 Å². The molecule has 4 nitrogen and oxygen atoms in total. The molecule has 0 saturated heterocycles. The molecule has 72 valence electrons. The monoisotopic (exact) mass is 175 g/mol. The summed E-state index contributed by atoms with van der Waals surface area (Å²) in [5.74, 6) is 0. The summed E-state index contributed by atoms with van der Waals surface area (Å²) in [6.45, 7) is 3.08. The average Bonchev–Trinajstić information content (AvgIpc) is 2.05. The van der Waals surface area contributed by atoms with Gasteiger partial charge in [0.2, 0.25) is 0 Å². The van der Waals surface area contributed by atoms with Crippen LogP contribution in [0.15, 0.2) is 0 Å². The molecule has 0 aromatic rings. The maximum Gasteiger partial charge on any atom is 0.407 e. The summed E-state index contributed by atoms with van der Waals surface area (Å²) < 4.78 is 4.80. The zero-order valence-electron chi connectivity index (χ0n) is 7.51. The van der Waals surface area contributed by atoms with Crippen LogP contribution in [0.25, 0.3) is 0 Å². The number of carbonyl (C=O) groups excluding carboxylic acids is 1. The molecule has 0 aliphatic heterocycles. The molecule has 0 aliphatic rings. The van der Waals surface area contributed by atoms with Crippen molar-refractivity contribution in [3.05, 3.63) is 0 Å². The Labute approximate surface area is 72.9 Å². The largest absolute Gasteiger partial charge is 0.450 e. The second-order valence-electron chi connectivity index (χ2n) is 2.45. The van der Waals surface area contributed by atoms with Crippen molar-refractivity contribution in [1.82, 2.24) is 5.32 Å². The highest BCUT2D eigenvalue weighted by Gasteiger charge is 1.97. The lowest BCUT2D eigenvalue weighted by Crippen LogP contribution is -2.23. The van der Waals surface area contributed by atoms with Crippen LogP contribution in [0.5, 0.6) is 0 Å².